The average molecular weight is 274 g/mol. The van der Waals surface area contributed by atoms with Crippen molar-refractivity contribution in [3.63, 3.8) is 0 Å². The normalized spacial score (nSPS) is 15.9. The zero-order valence-electron chi connectivity index (χ0n) is 11.3. The van der Waals surface area contributed by atoms with Crippen molar-refractivity contribution < 1.29 is 8.42 Å². The van der Waals surface area contributed by atoms with Crippen LogP contribution in [-0.2, 0) is 17.1 Å². The lowest BCUT2D eigenvalue weighted by molar-refractivity contribution is 0.344. The fourth-order valence-electron chi connectivity index (χ4n) is 1.97. The molecule has 0 aliphatic carbocycles. The van der Waals surface area contributed by atoms with E-state index in [1.807, 2.05) is 20.8 Å². The van der Waals surface area contributed by atoms with Crippen LogP contribution < -0.4 is 10.5 Å². The van der Waals surface area contributed by atoms with Gasteiger partial charge in [0.25, 0.3) is 10.0 Å². The van der Waals surface area contributed by atoms with E-state index in [1.54, 1.807) is 11.6 Å². The number of nitrogens with zero attached hydrogens (tertiary/aromatic N) is 2. The second-order valence-electron chi connectivity index (χ2n) is 5.35. The van der Waals surface area contributed by atoms with E-state index in [2.05, 4.69) is 9.71 Å². The quantitative estimate of drug-likeness (QED) is 0.788. The summed E-state index contributed by atoms with van der Waals surface area (Å²) < 4.78 is 28.6. The molecule has 0 unspecified atom stereocenters. The van der Waals surface area contributed by atoms with Gasteiger partial charge in [0.1, 0.15) is 0 Å². The van der Waals surface area contributed by atoms with Crippen molar-refractivity contribution in [1.29, 1.82) is 0 Å². The molecule has 18 heavy (non-hydrogen) atoms. The van der Waals surface area contributed by atoms with Crippen LogP contribution in [0.5, 0.6) is 0 Å². The molecule has 1 aromatic rings. The second kappa shape index (κ2) is 5.38. The van der Waals surface area contributed by atoms with Gasteiger partial charge < -0.3 is 10.3 Å². The van der Waals surface area contributed by atoms with Gasteiger partial charge in [0.2, 0.25) is 0 Å². The molecular formula is C11H22N4O2S. The van der Waals surface area contributed by atoms with Crippen LogP contribution in [0.1, 0.15) is 27.2 Å². The fraction of sp³-hybridized carbons (Fsp3) is 0.727. The van der Waals surface area contributed by atoms with Crippen LogP contribution in [0.2, 0.25) is 0 Å². The highest BCUT2D eigenvalue weighted by Crippen LogP contribution is 2.18. The minimum Gasteiger partial charge on any atom is -0.339 e. The molecule has 0 radical (unpaired) electrons. The molecule has 0 saturated heterocycles. The fourth-order valence-corrected chi connectivity index (χ4v) is 3.38. The molecule has 0 spiro atoms. The third-order valence-electron chi connectivity index (χ3n) is 2.65. The first-order chi connectivity index (χ1) is 8.18. The highest BCUT2D eigenvalue weighted by Gasteiger charge is 2.31. The average Bonchev–Trinajstić information content (AvgIpc) is 2.63. The Morgan fingerprint density at radius 2 is 2.17 bits per heavy atom. The van der Waals surface area contributed by atoms with Crippen molar-refractivity contribution in [2.75, 3.05) is 6.54 Å². The van der Waals surface area contributed by atoms with Crippen molar-refractivity contribution >= 4 is 10.0 Å². The van der Waals surface area contributed by atoms with Gasteiger partial charge in [-0.25, -0.2) is 18.1 Å². The van der Waals surface area contributed by atoms with Crippen molar-refractivity contribution in [3.8, 4) is 0 Å². The molecule has 1 heterocycles. The predicted molar refractivity (Wildman–Crippen MR) is 70.4 cm³/mol. The largest absolute Gasteiger partial charge is 0.339 e. The molecule has 0 amide bonds. The summed E-state index contributed by atoms with van der Waals surface area (Å²) in [7, 11) is -1.89. The number of rotatable bonds is 6. The first kappa shape index (κ1) is 15.1. The summed E-state index contributed by atoms with van der Waals surface area (Å²) in [6, 6.07) is 0. The first-order valence-corrected chi connectivity index (χ1v) is 7.39. The van der Waals surface area contributed by atoms with Gasteiger partial charge in [-0.3, -0.25) is 0 Å². The Kier molecular flexibility index (Phi) is 4.52. The number of aromatic nitrogens is 2. The van der Waals surface area contributed by atoms with Gasteiger partial charge in [-0.05, 0) is 19.3 Å². The SMILES string of the molecule is CC(C)C[C@@](C)(CN)NS(=O)(=O)c1cn(C)cn1. The summed E-state index contributed by atoms with van der Waals surface area (Å²) in [5.74, 6) is 0.352. The van der Waals surface area contributed by atoms with Crippen LogP contribution in [0.4, 0.5) is 0 Å². The van der Waals surface area contributed by atoms with Gasteiger partial charge >= 0.3 is 0 Å². The zero-order chi connectivity index (χ0) is 14.0. The highest BCUT2D eigenvalue weighted by molar-refractivity contribution is 7.89. The van der Waals surface area contributed by atoms with Crippen molar-refractivity contribution in [1.82, 2.24) is 14.3 Å². The number of nitrogens with two attached hydrogens (primary N) is 1. The maximum Gasteiger partial charge on any atom is 0.260 e. The Labute approximate surface area is 109 Å². The van der Waals surface area contributed by atoms with Crippen LogP contribution in [0.15, 0.2) is 17.6 Å². The van der Waals surface area contributed by atoms with Gasteiger partial charge in [-0.2, -0.15) is 0 Å². The molecule has 1 aromatic heterocycles. The van der Waals surface area contributed by atoms with E-state index in [1.165, 1.54) is 12.5 Å². The molecule has 6 nitrogen and oxygen atoms in total. The van der Waals surface area contributed by atoms with Crippen LogP contribution in [0.25, 0.3) is 0 Å². The molecule has 0 aromatic carbocycles. The lowest BCUT2D eigenvalue weighted by Crippen LogP contribution is -2.52. The number of sulfonamides is 1. The number of hydrogen-bond acceptors (Lipinski definition) is 4. The summed E-state index contributed by atoms with van der Waals surface area (Å²) >= 11 is 0. The van der Waals surface area contributed by atoms with Crippen molar-refractivity contribution in [2.24, 2.45) is 18.7 Å². The maximum atomic E-state index is 12.2. The van der Waals surface area contributed by atoms with E-state index in [4.69, 9.17) is 5.73 Å². The Morgan fingerprint density at radius 1 is 1.56 bits per heavy atom. The van der Waals surface area contributed by atoms with Gasteiger partial charge in [-0.1, -0.05) is 13.8 Å². The first-order valence-electron chi connectivity index (χ1n) is 5.90. The molecular weight excluding hydrogens is 252 g/mol. The number of aryl methyl sites for hydroxylation is 1. The second-order valence-corrected chi connectivity index (χ2v) is 6.97. The molecule has 0 saturated carbocycles. The maximum absolute atomic E-state index is 12.2. The molecule has 0 bridgehead atoms. The van der Waals surface area contributed by atoms with E-state index in [-0.39, 0.29) is 11.6 Å². The van der Waals surface area contributed by atoms with E-state index in [0.717, 1.165) is 0 Å². The summed E-state index contributed by atoms with van der Waals surface area (Å²) in [4.78, 5) is 3.86. The van der Waals surface area contributed by atoms with Crippen molar-refractivity contribution in [3.05, 3.63) is 12.5 Å². The zero-order valence-corrected chi connectivity index (χ0v) is 12.2. The molecule has 7 heteroatoms. The van der Waals surface area contributed by atoms with E-state index in [9.17, 15) is 8.42 Å². The number of imidazole rings is 1. The van der Waals surface area contributed by atoms with Crippen LogP contribution in [-0.4, -0.2) is 30.1 Å². The Balaban J connectivity index is 2.94. The van der Waals surface area contributed by atoms with Crippen molar-refractivity contribution in [2.45, 2.75) is 37.8 Å². The van der Waals surface area contributed by atoms with Gasteiger partial charge in [0, 0.05) is 25.3 Å². The highest BCUT2D eigenvalue weighted by atomic mass is 32.2. The Hall–Kier alpha value is -0.920. The minimum atomic E-state index is -3.62. The molecule has 0 fully saturated rings. The topological polar surface area (TPSA) is 90.0 Å². The van der Waals surface area contributed by atoms with Gasteiger partial charge in [-0.15, -0.1) is 0 Å². The van der Waals surface area contributed by atoms with Crippen LogP contribution in [0.3, 0.4) is 0 Å². The van der Waals surface area contributed by atoms with Crippen LogP contribution >= 0.6 is 0 Å². The summed E-state index contributed by atoms with van der Waals surface area (Å²) in [6.07, 6.45) is 3.60. The Morgan fingerprint density at radius 3 is 2.56 bits per heavy atom. The summed E-state index contributed by atoms with van der Waals surface area (Å²) in [5, 5.41) is 0.0217. The molecule has 0 aliphatic heterocycles. The smallest absolute Gasteiger partial charge is 0.260 e. The van der Waals surface area contributed by atoms with Gasteiger partial charge in [0.05, 0.1) is 6.33 Å². The van der Waals surface area contributed by atoms with Crippen LogP contribution in [0, 0.1) is 5.92 Å². The third-order valence-corrected chi connectivity index (χ3v) is 4.17. The molecule has 1 rings (SSSR count). The summed E-state index contributed by atoms with van der Waals surface area (Å²) in [5.41, 5.74) is 5.04. The lowest BCUT2D eigenvalue weighted by Gasteiger charge is -2.30. The molecule has 1 atom stereocenters. The lowest BCUT2D eigenvalue weighted by atomic mass is 9.92. The molecule has 104 valence electrons. The van der Waals surface area contributed by atoms with Gasteiger partial charge in [0.15, 0.2) is 5.03 Å². The van der Waals surface area contributed by atoms with E-state index < -0.39 is 15.6 Å². The van der Waals surface area contributed by atoms with E-state index >= 15 is 0 Å². The molecule has 3 N–H and O–H groups in total. The standard InChI is InChI=1S/C11H22N4O2S/c1-9(2)5-11(3,7-12)14-18(16,17)10-6-15(4)8-13-10/h6,8-9,14H,5,7,12H2,1-4H3/t11-/m0/s1. The monoisotopic (exact) mass is 274 g/mol. The molecule has 0 aliphatic rings. The van der Waals surface area contributed by atoms with E-state index in [0.29, 0.717) is 12.3 Å². The summed E-state index contributed by atoms with van der Waals surface area (Å²) in [6.45, 7) is 6.12. The third kappa shape index (κ3) is 3.79. The number of nitrogens with one attached hydrogen (secondary N) is 1. The number of hydrogen-bond donors (Lipinski definition) is 2. The predicted octanol–water partition coefficient (Wildman–Crippen LogP) is 0.462. The minimum absolute atomic E-state index is 0.0217. The Bertz CT molecular complexity index is 495.